The van der Waals surface area contributed by atoms with Crippen LogP contribution in [0.25, 0.3) is 17.0 Å². The average molecular weight is 324 g/mol. The largest absolute Gasteiger partial charge is 0.262 e. The van der Waals surface area contributed by atoms with E-state index in [1.807, 2.05) is 25.1 Å². The minimum atomic E-state index is 0.492. The molecule has 0 N–H and O–H groups in total. The van der Waals surface area contributed by atoms with Crippen molar-refractivity contribution in [3.8, 4) is 11.4 Å². The van der Waals surface area contributed by atoms with E-state index in [-0.39, 0.29) is 0 Å². The van der Waals surface area contributed by atoms with Gasteiger partial charge in [-0.2, -0.15) is 0 Å². The lowest BCUT2D eigenvalue weighted by atomic mass is 10.1. The Kier molecular flexibility index (Phi) is 2.80. The molecule has 0 aliphatic rings. The number of aromatic nitrogens is 4. The van der Waals surface area contributed by atoms with Crippen LogP contribution in [0.2, 0.25) is 5.15 Å². The summed E-state index contributed by atoms with van der Waals surface area (Å²) in [6.45, 7) is 2.03. The summed E-state index contributed by atoms with van der Waals surface area (Å²) in [4.78, 5) is 3.99. The molecule has 0 spiro atoms. The SMILES string of the molecule is Cc1ccc(Br)cc1-c1nnc2cncc(Cl)n12. The van der Waals surface area contributed by atoms with Crippen LogP contribution in [0.15, 0.2) is 35.1 Å². The van der Waals surface area contributed by atoms with Gasteiger partial charge >= 0.3 is 0 Å². The summed E-state index contributed by atoms with van der Waals surface area (Å²) in [6, 6.07) is 6.02. The summed E-state index contributed by atoms with van der Waals surface area (Å²) in [5, 5.41) is 8.77. The van der Waals surface area contributed by atoms with Crippen LogP contribution in [0, 0.1) is 6.92 Å². The molecular weight excluding hydrogens is 316 g/mol. The topological polar surface area (TPSA) is 43.1 Å². The lowest BCUT2D eigenvalue weighted by molar-refractivity contribution is 1.10. The van der Waals surface area contributed by atoms with Crippen molar-refractivity contribution in [3.63, 3.8) is 0 Å². The van der Waals surface area contributed by atoms with Gasteiger partial charge < -0.3 is 0 Å². The molecule has 0 amide bonds. The molecule has 0 bridgehead atoms. The van der Waals surface area contributed by atoms with Crippen LogP contribution in [-0.2, 0) is 0 Å². The Balaban J connectivity index is 2.35. The molecule has 0 radical (unpaired) electrons. The standard InChI is InChI=1S/C12H8BrClN4/c1-7-2-3-8(13)4-9(7)12-17-16-11-6-15-5-10(14)18(11)12/h2-6H,1H3. The zero-order chi connectivity index (χ0) is 12.7. The highest BCUT2D eigenvalue weighted by Gasteiger charge is 2.13. The van der Waals surface area contributed by atoms with Gasteiger partial charge in [0.25, 0.3) is 0 Å². The van der Waals surface area contributed by atoms with Crippen LogP contribution in [0.3, 0.4) is 0 Å². The van der Waals surface area contributed by atoms with E-state index in [1.54, 1.807) is 16.8 Å². The van der Waals surface area contributed by atoms with Gasteiger partial charge in [0.1, 0.15) is 5.15 Å². The van der Waals surface area contributed by atoms with Gasteiger partial charge in [-0.05, 0) is 24.6 Å². The number of rotatable bonds is 1. The third-order valence-corrected chi connectivity index (χ3v) is 3.47. The average Bonchev–Trinajstić information content (AvgIpc) is 2.77. The molecule has 6 heteroatoms. The number of halogens is 2. The molecule has 90 valence electrons. The molecule has 0 aliphatic heterocycles. The van der Waals surface area contributed by atoms with Gasteiger partial charge in [0.05, 0.1) is 12.4 Å². The Morgan fingerprint density at radius 1 is 1.22 bits per heavy atom. The van der Waals surface area contributed by atoms with Crippen molar-refractivity contribution < 1.29 is 0 Å². The van der Waals surface area contributed by atoms with Crippen LogP contribution < -0.4 is 0 Å². The zero-order valence-corrected chi connectivity index (χ0v) is 11.8. The fraction of sp³-hybridized carbons (Fsp3) is 0.0833. The number of benzene rings is 1. The van der Waals surface area contributed by atoms with E-state index in [1.165, 1.54) is 0 Å². The first kappa shape index (κ1) is 11.6. The van der Waals surface area contributed by atoms with Crippen molar-refractivity contribution in [1.29, 1.82) is 0 Å². The van der Waals surface area contributed by atoms with Gasteiger partial charge in [-0.1, -0.05) is 33.6 Å². The van der Waals surface area contributed by atoms with E-state index in [4.69, 9.17) is 11.6 Å². The molecule has 2 aromatic heterocycles. The van der Waals surface area contributed by atoms with Crippen LogP contribution in [0.5, 0.6) is 0 Å². The number of hydrogen-bond donors (Lipinski definition) is 0. The van der Waals surface area contributed by atoms with E-state index in [0.717, 1.165) is 21.4 Å². The van der Waals surface area contributed by atoms with Crippen molar-refractivity contribution in [2.45, 2.75) is 6.92 Å². The Morgan fingerprint density at radius 3 is 2.89 bits per heavy atom. The smallest absolute Gasteiger partial charge is 0.180 e. The van der Waals surface area contributed by atoms with Gasteiger partial charge in [-0.15, -0.1) is 10.2 Å². The maximum atomic E-state index is 6.15. The second-order valence-electron chi connectivity index (χ2n) is 3.91. The predicted octanol–water partition coefficient (Wildman–Crippen LogP) is 3.52. The lowest BCUT2D eigenvalue weighted by Gasteiger charge is -2.05. The molecule has 0 fully saturated rings. The van der Waals surface area contributed by atoms with Crippen molar-refractivity contribution in [1.82, 2.24) is 19.6 Å². The number of nitrogens with zero attached hydrogens (tertiary/aromatic N) is 4. The molecular formula is C12H8BrClN4. The number of fused-ring (bicyclic) bond motifs is 1. The highest BCUT2D eigenvalue weighted by Crippen LogP contribution is 2.27. The third-order valence-electron chi connectivity index (χ3n) is 2.71. The molecule has 18 heavy (non-hydrogen) atoms. The summed E-state index contributed by atoms with van der Waals surface area (Å²) in [5.74, 6) is 0.719. The fourth-order valence-electron chi connectivity index (χ4n) is 1.82. The molecule has 2 heterocycles. The van der Waals surface area contributed by atoms with Gasteiger partial charge in [0.2, 0.25) is 0 Å². The third kappa shape index (κ3) is 1.79. The molecule has 1 aromatic carbocycles. The van der Waals surface area contributed by atoms with E-state index < -0.39 is 0 Å². The number of hydrogen-bond acceptors (Lipinski definition) is 3. The Bertz CT molecular complexity index is 738. The Labute approximate surface area is 117 Å². The lowest BCUT2D eigenvalue weighted by Crippen LogP contribution is -1.94. The van der Waals surface area contributed by atoms with Gasteiger partial charge in [0, 0.05) is 10.0 Å². The summed E-state index contributed by atoms with van der Waals surface area (Å²) < 4.78 is 2.77. The zero-order valence-electron chi connectivity index (χ0n) is 9.43. The van der Waals surface area contributed by atoms with E-state index in [9.17, 15) is 0 Å². The highest BCUT2D eigenvalue weighted by molar-refractivity contribution is 9.10. The molecule has 0 unspecified atom stereocenters. The Morgan fingerprint density at radius 2 is 2.06 bits per heavy atom. The quantitative estimate of drug-likeness (QED) is 0.688. The van der Waals surface area contributed by atoms with Crippen LogP contribution in [0.1, 0.15) is 5.56 Å². The normalized spacial score (nSPS) is 11.1. The first-order valence-electron chi connectivity index (χ1n) is 5.28. The second-order valence-corrected chi connectivity index (χ2v) is 5.21. The Hall–Kier alpha value is -1.46. The van der Waals surface area contributed by atoms with Crippen molar-refractivity contribution >= 4 is 33.2 Å². The second kappa shape index (κ2) is 4.33. The summed E-state index contributed by atoms with van der Waals surface area (Å²) in [6.07, 6.45) is 3.21. The molecule has 0 aliphatic carbocycles. The van der Waals surface area contributed by atoms with Crippen molar-refractivity contribution in [2.24, 2.45) is 0 Å². The maximum Gasteiger partial charge on any atom is 0.180 e. The first-order valence-corrected chi connectivity index (χ1v) is 6.45. The van der Waals surface area contributed by atoms with Gasteiger partial charge in [-0.3, -0.25) is 9.38 Å². The highest BCUT2D eigenvalue weighted by atomic mass is 79.9. The monoisotopic (exact) mass is 322 g/mol. The van der Waals surface area contributed by atoms with Crippen LogP contribution >= 0.6 is 27.5 Å². The van der Waals surface area contributed by atoms with E-state index in [2.05, 4.69) is 31.1 Å². The molecule has 3 rings (SSSR count). The van der Waals surface area contributed by atoms with Crippen molar-refractivity contribution in [3.05, 3.63) is 45.8 Å². The molecule has 4 nitrogen and oxygen atoms in total. The molecule has 3 aromatic rings. The molecule has 0 atom stereocenters. The van der Waals surface area contributed by atoms with Gasteiger partial charge in [0.15, 0.2) is 11.5 Å². The van der Waals surface area contributed by atoms with E-state index in [0.29, 0.717) is 10.8 Å². The fourth-order valence-corrected chi connectivity index (χ4v) is 2.41. The van der Waals surface area contributed by atoms with Gasteiger partial charge in [-0.25, -0.2) is 0 Å². The van der Waals surface area contributed by atoms with Crippen molar-refractivity contribution in [2.75, 3.05) is 0 Å². The minimum absolute atomic E-state index is 0.492. The summed E-state index contributed by atoms with van der Waals surface area (Å²) >= 11 is 9.62. The summed E-state index contributed by atoms with van der Waals surface area (Å²) in [5.41, 5.74) is 2.74. The number of aryl methyl sites for hydroxylation is 1. The van der Waals surface area contributed by atoms with E-state index >= 15 is 0 Å². The maximum absolute atomic E-state index is 6.15. The first-order chi connectivity index (χ1) is 8.66. The van der Waals surface area contributed by atoms with Crippen LogP contribution in [-0.4, -0.2) is 19.6 Å². The molecule has 0 saturated carbocycles. The minimum Gasteiger partial charge on any atom is -0.262 e. The molecule has 0 saturated heterocycles. The predicted molar refractivity (Wildman–Crippen MR) is 73.7 cm³/mol. The van der Waals surface area contributed by atoms with Crippen LogP contribution in [0.4, 0.5) is 0 Å². The summed E-state index contributed by atoms with van der Waals surface area (Å²) in [7, 11) is 0.